The van der Waals surface area contributed by atoms with Crippen molar-refractivity contribution in [3.05, 3.63) is 47.3 Å². The summed E-state index contributed by atoms with van der Waals surface area (Å²) in [6.07, 6.45) is 0. The number of rotatable bonds is 8. The third-order valence-electron chi connectivity index (χ3n) is 3.86. The van der Waals surface area contributed by atoms with Gasteiger partial charge in [0.1, 0.15) is 12.4 Å². The molecule has 3 rings (SSSR count). The Morgan fingerprint density at radius 3 is 2.79 bits per heavy atom. The van der Waals surface area contributed by atoms with Crippen molar-refractivity contribution in [3.63, 3.8) is 0 Å². The van der Waals surface area contributed by atoms with Crippen LogP contribution in [-0.2, 0) is 4.79 Å². The van der Waals surface area contributed by atoms with Gasteiger partial charge in [0.25, 0.3) is 5.95 Å². The van der Waals surface area contributed by atoms with E-state index in [1.165, 1.54) is 16.4 Å². The van der Waals surface area contributed by atoms with Crippen molar-refractivity contribution in [2.75, 3.05) is 24.7 Å². The van der Waals surface area contributed by atoms with E-state index in [2.05, 4.69) is 20.6 Å². The largest absolute Gasteiger partial charge is 0.492 e. The molecule has 0 aliphatic rings. The minimum Gasteiger partial charge on any atom is -0.492 e. The quantitative estimate of drug-likeness (QED) is 0.333. The zero-order valence-corrected chi connectivity index (χ0v) is 16.9. The minimum absolute atomic E-state index is 0.131. The average molecular weight is 401 g/mol. The van der Waals surface area contributed by atoms with Crippen LogP contribution >= 0.6 is 11.8 Å². The number of carbonyl (C=O) groups is 1. The summed E-state index contributed by atoms with van der Waals surface area (Å²) in [4.78, 5) is 12.0. The molecule has 3 aromatic rings. The van der Waals surface area contributed by atoms with Gasteiger partial charge in [-0.1, -0.05) is 23.9 Å². The minimum atomic E-state index is -0.131. The van der Waals surface area contributed by atoms with Crippen LogP contribution < -0.4 is 15.9 Å². The van der Waals surface area contributed by atoms with E-state index in [4.69, 9.17) is 10.6 Å². The number of hydrogen-bond acceptors (Lipinski definition) is 7. The van der Waals surface area contributed by atoms with Gasteiger partial charge >= 0.3 is 0 Å². The van der Waals surface area contributed by atoms with Crippen LogP contribution in [0.4, 0.5) is 0 Å². The first-order chi connectivity index (χ1) is 13.4. The Kier molecular flexibility index (Phi) is 6.19. The van der Waals surface area contributed by atoms with Crippen molar-refractivity contribution < 1.29 is 9.53 Å². The Labute approximate surface area is 167 Å². The molecule has 0 saturated heterocycles. The molecule has 0 saturated carbocycles. The van der Waals surface area contributed by atoms with Gasteiger partial charge in [0.2, 0.25) is 11.1 Å². The number of amides is 1. The van der Waals surface area contributed by atoms with Crippen LogP contribution in [0.15, 0.2) is 35.5 Å². The molecule has 0 radical (unpaired) electrons. The number of carbonyl (C=O) groups excluding carboxylic acids is 1. The van der Waals surface area contributed by atoms with Gasteiger partial charge < -0.3 is 15.9 Å². The standard InChI is InChI=1S/C18H23N7O2S/c1-12-5-4-6-15(9-12)27-8-7-20-16(26)11-28-18-22-21-17(24(18)19)25-14(3)10-13(2)23-25/h4-6,9-10H,7-8,11,19H2,1-3H3,(H,20,26). The first kappa shape index (κ1) is 19.7. The van der Waals surface area contributed by atoms with Crippen LogP contribution in [0.1, 0.15) is 17.0 Å². The summed E-state index contributed by atoms with van der Waals surface area (Å²) >= 11 is 1.21. The number of aromatic nitrogens is 5. The van der Waals surface area contributed by atoms with Crippen molar-refractivity contribution >= 4 is 17.7 Å². The zero-order valence-electron chi connectivity index (χ0n) is 16.0. The van der Waals surface area contributed by atoms with Gasteiger partial charge in [-0.2, -0.15) is 5.10 Å². The Balaban J connectivity index is 1.45. The van der Waals surface area contributed by atoms with Crippen LogP contribution in [0, 0.1) is 20.8 Å². The Hall–Kier alpha value is -3.01. The molecule has 0 spiro atoms. The number of nitrogens with two attached hydrogens (primary N) is 1. The SMILES string of the molecule is Cc1cccc(OCCNC(=O)CSc2nnc(-n3nc(C)cc3C)n2N)c1. The Morgan fingerprint density at radius 1 is 1.25 bits per heavy atom. The van der Waals surface area contributed by atoms with E-state index in [9.17, 15) is 4.79 Å². The second-order valence-electron chi connectivity index (χ2n) is 6.30. The fourth-order valence-electron chi connectivity index (χ4n) is 2.59. The van der Waals surface area contributed by atoms with Gasteiger partial charge in [0.15, 0.2) is 0 Å². The van der Waals surface area contributed by atoms with Gasteiger partial charge in [0, 0.05) is 5.69 Å². The number of thioether (sulfide) groups is 1. The second-order valence-corrected chi connectivity index (χ2v) is 7.24. The molecular formula is C18H23N7O2S. The molecule has 148 valence electrons. The van der Waals surface area contributed by atoms with Crippen LogP contribution in [0.3, 0.4) is 0 Å². The highest BCUT2D eigenvalue weighted by Crippen LogP contribution is 2.17. The summed E-state index contributed by atoms with van der Waals surface area (Å²) in [5, 5.41) is 15.7. The molecule has 0 bridgehead atoms. The summed E-state index contributed by atoms with van der Waals surface area (Å²) < 4.78 is 8.56. The van der Waals surface area contributed by atoms with Gasteiger partial charge in [-0.05, 0) is 44.5 Å². The Morgan fingerprint density at radius 2 is 2.07 bits per heavy atom. The summed E-state index contributed by atoms with van der Waals surface area (Å²) in [6.45, 7) is 6.62. The number of hydrogen-bond donors (Lipinski definition) is 2. The van der Waals surface area contributed by atoms with Crippen molar-refractivity contribution in [1.82, 2.24) is 30.0 Å². The van der Waals surface area contributed by atoms with E-state index in [1.807, 2.05) is 51.1 Å². The normalized spacial score (nSPS) is 10.8. The lowest BCUT2D eigenvalue weighted by Gasteiger charge is -2.08. The van der Waals surface area contributed by atoms with E-state index in [0.29, 0.717) is 24.3 Å². The van der Waals surface area contributed by atoms with E-state index in [0.717, 1.165) is 22.7 Å². The van der Waals surface area contributed by atoms with Crippen LogP contribution in [0.25, 0.3) is 5.95 Å². The molecule has 1 aromatic carbocycles. The fourth-order valence-corrected chi connectivity index (χ4v) is 3.27. The van der Waals surface area contributed by atoms with Gasteiger partial charge in [0.05, 0.1) is 18.0 Å². The topological polar surface area (TPSA) is 113 Å². The number of ether oxygens (including phenoxy) is 1. The molecule has 0 aliphatic carbocycles. The van der Waals surface area contributed by atoms with Gasteiger partial charge in [-0.25, -0.2) is 9.36 Å². The molecule has 0 unspecified atom stereocenters. The predicted octanol–water partition coefficient (Wildman–Crippen LogP) is 1.39. The average Bonchev–Trinajstić information content (AvgIpc) is 3.18. The molecule has 9 nitrogen and oxygen atoms in total. The lowest BCUT2D eigenvalue weighted by molar-refractivity contribution is -0.118. The number of nitrogen functional groups attached to an aromatic ring is 1. The highest BCUT2D eigenvalue weighted by molar-refractivity contribution is 7.99. The van der Waals surface area contributed by atoms with Crippen LogP contribution in [-0.4, -0.2) is 49.5 Å². The molecule has 0 aliphatic heterocycles. The first-order valence-electron chi connectivity index (χ1n) is 8.77. The van der Waals surface area contributed by atoms with E-state index >= 15 is 0 Å². The highest BCUT2D eigenvalue weighted by atomic mass is 32.2. The first-order valence-corrected chi connectivity index (χ1v) is 9.75. The van der Waals surface area contributed by atoms with Crippen LogP contribution in [0.5, 0.6) is 5.75 Å². The summed E-state index contributed by atoms with van der Waals surface area (Å²) in [7, 11) is 0. The number of nitrogens with one attached hydrogen (secondary N) is 1. The number of nitrogens with zero attached hydrogens (tertiary/aromatic N) is 5. The molecule has 0 atom stereocenters. The van der Waals surface area contributed by atoms with Gasteiger partial charge in [-0.3, -0.25) is 4.79 Å². The number of aryl methyl sites for hydroxylation is 3. The molecule has 28 heavy (non-hydrogen) atoms. The molecule has 1 amide bonds. The fraction of sp³-hybridized carbons (Fsp3) is 0.333. The third-order valence-corrected chi connectivity index (χ3v) is 4.80. The monoisotopic (exact) mass is 401 g/mol. The summed E-state index contributed by atoms with van der Waals surface area (Å²) in [5.41, 5.74) is 2.89. The highest BCUT2D eigenvalue weighted by Gasteiger charge is 2.15. The predicted molar refractivity (Wildman–Crippen MR) is 107 cm³/mol. The van der Waals surface area contributed by atoms with E-state index in [-0.39, 0.29) is 11.7 Å². The van der Waals surface area contributed by atoms with Crippen molar-refractivity contribution in [2.45, 2.75) is 25.9 Å². The van der Waals surface area contributed by atoms with Crippen molar-refractivity contribution in [3.8, 4) is 11.7 Å². The van der Waals surface area contributed by atoms with E-state index in [1.54, 1.807) is 4.68 Å². The maximum Gasteiger partial charge on any atom is 0.271 e. The Bertz CT molecular complexity index is 967. The maximum absolute atomic E-state index is 12.0. The third kappa shape index (κ3) is 4.83. The maximum atomic E-state index is 12.0. The lowest BCUT2D eigenvalue weighted by atomic mass is 10.2. The van der Waals surface area contributed by atoms with Crippen LogP contribution in [0.2, 0.25) is 0 Å². The molecule has 10 heteroatoms. The zero-order chi connectivity index (χ0) is 20.1. The number of benzene rings is 1. The van der Waals surface area contributed by atoms with Crippen molar-refractivity contribution in [2.24, 2.45) is 0 Å². The summed E-state index contributed by atoms with van der Waals surface area (Å²) in [6, 6.07) is 9.70. The lowest BCUT2D eigenvalue weighted by Crippen LogP contribution is -2.29. The molecular weight excluding hydrogens is 378 g/mol. The summed E-state index contributed by atoms with van der Waals surface area (Å²) in [5.74, 6) is 7.29. The smallest absolute Gasteiger partial charge is 0.271 e. The molecule has 3 N–H and O–H groups in total. The van der Waals surface area contributed by atoms with Crippen molar-refractivity contribution in [1.29, 1.82) is 0 Å². The molecule has 0 fully saturated rings. The molecule has 2 heterocycles. The van der Waals surface area contributed by atoms with Gasteiger partial charge in [-0.15, -0.1) is 10.2 Å². The van der Waals surface area contributed by atoms with E-state index < -0.39 is 0 Å². The molecule has 2 aromatic heterocycles. The second kappa shape index (κ2) is 8.79.